The van der Waals surface area contributed by atoms with Gasteiger partial charge in [0.25, 0.3) is 0 Å². The summed E-state index contributed by atoms with van der Waals surface area (Å²) < 4.78 is 64.2. The maximum Gasteiger partial charge on any atom is 0.422 e. The van der Waals surface area contributed by atoms with Crippen LogP contribution in [0.4, 0.5) is 13.2 Å². The van der Waals surface area contributed by atoms with Crippen LogP contribution in [0.2, 0.25) is 0 Å². The van der Waals surface area contributed by atoms with E-state index in [1.165, 1.54) is 12.1 Å². The van der Waals surface area contributed by atoms with Gasteiger partial charge >= 0.3 is 6.18 Å². The lowest BCUT2D eigenvalue weighted by atomic mass is 10.2. The SMILES string of the molecule is CN=C(NCc1cccc(OCC(F)(F)F)c1)NC1CCS(=O)(=O)C1.I. The number of hydrogen-bond donors (Lipinski definition) is 2. The molecule has 1 aliphatic rings. The zero-order valence-electron chi connectivity index (χ0n) is 14.0. The van der Waals surface area contributed by atoms with Crippen LogP contribution in [0.1, 0.15) is 12.0 Å². The lowest BCUT2D eigenvalue weighted by Crippen LogP contribution is -2.43. The normalized spacial score (nSPS) is 19.5. The smallest absolute Gasteiger partial charge is 0.422 e. The van der Waals surface area contributed by atoms with Gasteiger partial charge in [-0.3, -0.25) is 4.99 Å². The first kappa shape index (κ1) is 22.8. The average Bonchev–Trinajstić information content (AvgIpc) is 2.88. The summed E-state index contributed by atoms with van der Waals surface area (Å²) in [6, 6.07) is 6.10. The number of rotatable bonds is 5. The third-order valence-corrected chi connectivity index (χ3v) is 5.33. The highest BCUT2D eigenvalue weighted by Gasteiger charge is 2.29. The van der Waals surface area contributed by atoms with E-state index < -0.39 is 22.6 Å². The number of alkyl halides is 3. The molecule has 0 bridgehead atoms. The highest BCUT2D eigenvalue weighted by molar-refractivity contribution is 14.0. The van der Waals surface area contributed by atoms with E-state index >= 15 is 0 Å². The molecule has 0 aliphatic carbocycles. The Morgan fingerprint density at radius 2 is 2.12 bits per heavy atom. The predicted octanol–water partition coefficient (Wildman–Crippen LogP) is 2.10. The van der Waals surface area contributed by atoms with Crippen LogP contribution >= 0.6 is 24.0 Å². The molecule has 1 aromatic rings. The van der Waals surface area contributed by atoms with Gasteiger partial charge in [-0.2, -0.15) is 13.2 Å². The van der Waals surface area contributed by atoms with Crippen LogP contribution in [-0.4, -0.2) is 51.8 Å². The minimum Gasteiger partial charge on any atom is -0.484 e. The number of benzene rings is 1. The Morgan fingerprint density at radius 3 is 2.69 bits per heavy atom. The van der Waals surface area contributed by atoms with Gasteiger partial charge in [-0.1, -0.05) is 12.1 Å². The molecule has 1 atom stereocenters. The van der Waals surface area contributed by atoms with Crippen molar-refractivity contribution in [1.82, 2.24) is 10.6 Å². The molecule has 0 radical (unpaired) electrons. The predicted molar refractivity (Wildman–Crippen MR) is 104 cm³/mol. The van der Waals surface area contributed by atoms with E-state index in [2.05, 4.69) is 15.6 Å². The topological polar surface area (TPSA) is 79.8 Å². The lowest BCUT2D eigenvalue weighted by Gasteiger charge is -2.16. The molecular weight excluding hydrogens is 486 g/mol. The molecule has 0 amide bonds. The molecule has 2 N–H and O–H groups in total. The van der Waals surface area contributed by atoms with Crippen molar-refractivity contribution >= 4 is 39.8 Å². The summed E-state index contributed by atoms with van der Waals surface area (Å²) in [4.78, 5) is 4.03. The summed E-state index contributed by atoms with van der Waals surface area (Å²) in [5.41, 5.74) is 0.710. The standard InChI is InChI=1S/C15H20F3N3O3S.HI/c1-19-14(21-12-5-6-25(22,23)9-12)20-8-11-3-2-4-13(7-11)24-10-15(16,17)18;/h2-4,7,12H,5-6,8-10H2,1H3,(H2,19,20,21);1H. The zero-order valence-corrected chi connectivity index (χ0v) is 17.2. The highest BCUT2D eigenvalue weighted by atomic mass is 127. The Labute approximate surface area is 167 Å². The summed E-state index contributed by atoms with van der Waals surface area (Å²) in [5.74, 6) is 0.777. The summed E-state index contributed by atoms with van der Waals surface area (Å²) in [6.45, 7) is -1.04. The Balaban J connectivity index is 0.00000338. The largest absolute Gasteiger partial charge is 0.484 e. The molecule has 26 heavy (non-hydrogen) atoms. The van der Waals surface area contributed by atoms with Crippen molar-refractivity contribution in [3.63, 3.8) is 0 Å². The minimum absolute atomic E-state index is 0. The summed E-state index contributed by atoms with van der Waals surface area (Å²) >= 11 is 0. The van der Waals surface area contributed by atoms with Crippen molar-refractivity contribution < 1.29 is 26.3 Å². The van der Waals surface area contributed by atoms with Crippen LogP contribution in [0.3, 0.4) is 0 Å². The van der Waals surface area contributed by atoms with E-state index in [1.54, 1.807) is 19.2 Å². The Morgan fingerprint density at radius 1 is 1.38 bits per heavy atom. The fourth-order valence-corrected chi connectivity index (χ4v) is 4.07. The van der Waals surface area contributed by atoms with Gasteiger partial charge in [0.1, 0.15) is 5.75 Å². The number of guanidine groups is 1. The van der Waals surface area contributed by atoms with Gasteiger partial charge in [-0.25, -0.2) is 8.42 Å². The third kappa shape index (κ3) is 7.98. The molecule has 0 aromatic heterocycles. The number of ether oxygens (including phenoxy) is 1. The van der Waals surface area contributed by atoms with Gasteiger partial charge in [0.05, 0.1) is 11.5 Å². The van der Waals surface area contributed by atoms with Gasteiger partial charge in [0, 0.05) is 19.6 Å². The van der Waals surface area contributed by atoms with E-state index in [4.69, 9.17) is 4.74 Å². The first-order valence-electron chi connectivity index (χ1n) is 7.63. The number of hydrogen-bond acceptors (Lipinski definition) is 4. The van der Waals surface area contributed by atoms with E-state index in [0.717, 1.165) is 0 Å². The molecule has 6 nitrogen and oxygen atoms in total. The second-order valence-corrected chi connectivity index (χ2v) is 7.95. The van der Waals surface area contributed by atoms with Crippen molar-refractivity contribution in [2.45, 2.75) is 25.2 Å². The molecule has 0 spiro atoms. The molecule has 2 rings (SSSR count). The molecule has 1 heterocycles. The van der Waals surface area contributed by atoms with Crippen LogP contribution in [0.25, 0.3) is 0 Å². The average molecular weight is 507 g/mol. The van der Waals surface area contributed by atoms with Crippen molar-refractivity contribution in [2.24, 2.45) is 4.99 Å². The summed E-state index contributed by atoms with van der Waals surface area (Å²) in [7, 11) is -1.44. The zero-order chi connectivity index (χ0) is 18.5. The Bertz CT molecular complexity index is 726. The van der Waals surface area contributed by atoms with E-state index in [9.17, 15) is 21.6 Å². The van der Waals surface area contributed by atoms with Gasteiger partial charge < -0.3 is 15.4 Å². The monoisotopic (exact) mass is 507 g/mol. The summed E-state index contributed by atoms with van der Waals surface area (Å²) in [5, 5.41) is 6.04. The molecule has 1 aliphatic heterocycles. The van der Waals surface area contributed by atoms with Gasteiger partial charge in [0.15, 0.2) is 22.4 Å². The first-order valence-corrected chi connectivity index (χ1v) is 9.45. The van der Waals surface area contributed by atoms with Crippen molar-refractivity contribution in [1.29, 1.82) is 0 Å². The number of sulfone groups is 1. The number of aliphatic imine (C=N–C) groups is 1. The van der Waals surface area contributed by atoms with Crippen LogP contribution < -0.4 is 15.4 Å². The van der Waals surface area contributed by atoms with Crippen molar-refractivity contribution in [3.8, 4) is 5.75 Å². The van der Waals surface area contributed by atoms with E-state index in [1.807, 2.05) is 0 Å². The molecule has 0 saturated carbocycles. The van der Waals surface area contributed by atoms with Gasteiger partial charge in [-0.15, -0.1) is 24.0 Å². The maximum atomic E-state index is 12.2. The molecule has 148 valence electrons. The summed E-state index contributed by atoms with van der Waals surface area (Å²) in [6.07, 6.45) is -3.87. The number of nitrogens with zero attached hydrogens (tertiary/aromatic N) is 1. The van der Waals surface area contributed by atoms with Crippen molar-refractivity contribution in [2.75, 3.05) is 25.2 Å². The number of halogens is 4. The third-order valence-electron chi connectivity index (χ3n) is 3.56. The maximum absolute atomic E-state index is 12.2. The second-order valence-electron chi connectivity index (χ2n) is 5.72. The first-order chi connectivity index (χ1) is 11.7. The molecule has 1 saturated heterocycles. The fraction of sp³-hybridized carbons (Fsp3) is 0.533. The molecule has 11 heteroatoms. The van der Waals surface area contributed by atoms with Gasteiger partial charge in [-0.05, 0) is 24.1 Å². The van der Waals surface area contributed by atoms with Gasteiger partial charge in [0.2, 0.25) is 0 Å². The fourth-order valence-electron chi connectivity index (χ4n) is 2.39. The molecular formula is C15H21F3IN3O3S. The molecule has 1 unspecified atom stereocenters. The highest BCUT2D eigenvalue weighted by Crippen LogP contribution is 2.19. The number of nitrogens with one attached hydrogen (secondary N) is 2. The lowest BCUT2D eigenvalue weighted by molar-refractivity contribution is -0.153. The Kier molecular flexibility index (Phi) is 8.44. The van der Waals surface area contributed by atoms with Crippen molar-refractivity contribution in [3.05, 3.63) is 29.8 Å². The minimum atomic E-state index is -4.39. The quantitative estimate of drug-likeness (QED) is 0.363. The van der Waals surface area contributed by atoms with E-state index in [-0.39, 0.29) is 47.3 Å². The second kappa shape index (κ2) is 9.62. The molecule has 1 fully saturated rings. The van der Waals surface area contributed by atoms with Crippen LogP contribution in [-0.2, 0) is 16.4 Å². The van der Waals surface area contributed by atoms with Crippen LogP contribution in [0.5, 0.6) is 5.75 Å². The molecule has 1 aromatic carbocycles. The van der Waals surface area contributed by atoms with Crippen LogP contribution in [0, 0.1) is 0 Å². The Hall–Kier alpha value is -1.24. The van der Waals surface area contributed by atoms with E-state index in [0.29, 0.717) is 24.5 Å². The van der Waals surface area contributed by atoms with Crippen LogP contribution in [0.15, 0.2) is 29.3 Å².